The summed E-state index contributed by atoms with van der Waals surface area (Å²) < 4.78 is 12.3. The van der Waals surface area contributed by atoms with E-state index in [1.165, 1.54) is 0 Å². The van der Waals surface area contributed by atoms with E-state index >= 15 is 0 Å². The lowest BCUT2D eigenvalue weighted by Crippen LogP contribution is -2.65. The highest BCUT2D eigenvalue weighted by atomic mass is 16.7. The van der Waals surface area contributed by atoms with E-state index in [1.54, 1.807) is 0 Å². The third kappa shape index (κ3) is 4.39. The molecule has 0 aromatic heterocycles. The molecule has 1 saturated heterocycles. The van der Waals surface area contributed by atoms with E-state index < -0.39 is 6.03 Å². The fourth-order valence-electron chi connectivity index (χ4n) is 2.28. The largest absolute Gasteiger partial charge is 0.324 e. The van der Waals surface area contributed by atoms with E-state index in [0.717, 1.165) is 39.0 Å². The van der Waals surface area contributed by atoms with Gasteiger partial charge in [0.25, 0.3) is 6.03 Å². The normalized spacial score (nSPS) is 23.2. The minimum atomic E-state index is -0.701. The Morgan fingerprint density at radius 1 is 0.789 bits per heavy atom. The van der Waals surface area contributed by atoms with Gasteiger partial charge < -0.3 is 14.4 Å². The molecule has 1 heterocycles. The lowest BCUT2D eigenvalue weighted by Gasteiger charge is -2.48. The Balaban J connectivity index is 2.85. The highest BCUT2D eigenvalue weighted by molar-refractivity contribution is 4.75. The highest BCUT2D eigenvalue weighted by Gasteiger charge is 2.42. The zero-order chi connectivity index (χ0) is 14.3. The summed E-state index contributed by atoms with van der Waals surface area (Å²) >= 11 is 0. The van der Waals surface area contributed by atoms with Gasteiger partial charge in [-0.15, -0.1) is 0 Å². The average molecular weight is 273 g/mol. The predicted molar refractivity (Wildman–Crippen MR) is 78.0 cm³/mol. The van der Waals surface area contributed by atoms with E-state index in [0.29, 0.717) is 13.2 Å². The standard InChI is InChI=1S/C14H31N3O2/c1-6-12-18-14(19-13-7-2)16(4)10-8-15(3)9-11-17(14)5/h6-13H2,1-5H3. The maximum Gasteiger partial charge on any atom is 0.296 e. The first-order chi connectivity index (χ1) is 9.06. The summed E-state index contributed by atoms with van der Waals surface area (Å²) in [7, 11) is 6.33. The first kappa shape index (κ1) is 16.9. The molecular weight excluding hydrogens is 242 g/mol. The fourth-order valence-corrected chi connectivity index (χ4v) is 2.28. The van der Waals surface area contributed by atoms with E-state index in [1.807, 2.05) is 0 Å². The van der Waals surface area contributed by atoms with E-state index in [9.17, 15) is 0 Å². The van der Waals surface area contributed by atoms with Gasteiger partial charge in [-0.25, -0.2) is 9.80 Å². The summed E-state index contributed by atoms with van der Waals surface area (Å²) in [5, 5.41) is 0. The number of nitrogens with zero attached hydrogens (tertiary/aromatic N) is 3. The Hall–Kier alpha value is -0.200. The minimum Gasteiger partial charge on any atom is -0.324 e. The summed E-state index contributed by atoms with van der Waals surface area (Å²) in [6.07, 6.45) is 2.00. The number of hydrogen-bond donors (Lipinski definition) is 0. The topological polar surface area (TPSA) is 28.2 Å². The molecular formula is C14H31N3O2. The molecule has 114 valence electrons. The Bertz CT molecular complexity index is 227. The van der Waals surface area contributed by atoms with Gasteiger partial charge in [-0.1, -0.05) is 13.8 Å². The van der Waals surface area contributed by atoms with Crippen LogP contribution in [0.4, 0.5) is 0 Å². The van der Waals surface area contributed by atoms with Crippen LogP contribution in [-0.4, -0.2) is 81.3 Å². The van der Waals surface area contributed by atoms with Gasteiger partial charge >= 0.3 is 0 Å². The Kier molecular flexibility index (Phi) is 7.25. The van der Waals surface area contributed by atoms with Crippen LogP contribution in [0.3, 0.4) is 0 Å². The van der Waals surface area contributed by atoms with Crippen LogP contribution in [-0.2, 0) is 9.47 Å². The smallest absolute Gasteiger partial charge is 0.296 e. The number of likely N-dealkylation sites (N-methyl/N-ethyl adjacent to an activating group) is 3. The van der Waals surface area contributed by atoms with Crippen molar-refractivity contribution in [3.05, 3.63) is 0 Å². The first-order valence-corrected chi connectivity index (χ1v) is 7.45. The maximum absolute atomic E-state index is 6.13. The van der Waals surface area contributed by atoms with Gasteiger partial charge in [0, 0.05) is 26.2 Å². The Morgan fingerprint density at radius 3 is 1.58 bits per heavy atom. The van der Waals surface area contributed by atoms with E-state index in [2.05, 4.69) is 49.7 Å². The van der Waals surface area contributed by atoms with Crippen molar-refractivity contribution in [2.45, 2.75) is 32.7 Å². The third-order valence-corrected chi connectivity index (χ3v) is 3.59. The molecule has 0 aromatic carbocycles. The molecule has 0 spiro atoms. The molecule has 0 bridgehead atoms. The van der Waals surface area contributed by atoms with Gasteiger partial charge in [0.15, 0.2) is 0 Å². The quantitative estimate of drug-likeness (QED) is 0.679. The highest BCUT2D eigenvalue weighted by Crippen LogP contribution is 2.23. The van der Waals surface area contributed by atoms with Crippen LogP contribution in [0.25, 0.3) is 0 Å². The SMILES string of the molecule is CCCOC1(OCCC)N(C)CCN(C)CCN1C. The van der Waals surface area contributed by atoms with Crippen LogP contribution in [0.2, 0.25) is 0 Å². The molecule has 0 unspecified atom stereocenters. The summed E-state index contributed by atoms with van der Waals surface area (Å²) in [5.74, 6) is 0. The van der Waals surface area contributed by atoms with Gasteiger partial charge in [-0.05, 0) is 34.0 Å². The van der Waals surface area contributed by atoms with Crippen LogP contribution >= 0.6 is 0 Å². The second kappa shape index (κ2) is 8.17. The summed E-state index contributed by atoms with van der Waals surface area (Å²) in [6.45, 7) is 9.65. The lowest BCUT2D eigenvalue weighted by molar-refractivity contribution is -0.384. The van der Waals surface area contributed by atoms with Crippen molar-refractivity contribution in [2.75, 3.05) is 60.5 Å². The third-order valence-electron chi connectivity index (χ3n) is 3.59. The van der Waals surface area contributed by atoms with Gasteiger partial charge in [0.1, 0.15) is 0 Å². The summed E-state index contributed by atoms with van der Waals surface area (Å²) in [6, 6.07) is -0.701. The van der Waals surface area contributed by atoms with Crippen molar-refractivity contribution >= 4 is 0 Å². The predicted octanol–water partition coefficient (Wildman–Crippen LogP) is 1.26. The van der Waals surface area contributed by atoms with E-state index in [4.69, 9.17) is 9.47 Å². The van der Waals surface area contributed by atoms with Crippen LogP contribution in [0.15, 0.2) is 0 Å². The summed E-state index contributed by atoms with van der Waals surface area (Å²) in [4.78, 5) is 6.72. The van der Waals surface area contributed by atoms with Crippen LogP contribution in [0.1, 0.15) is 26.7 Å². The monoisotopic (exact) mass is 273 g/mol. The number of ether oxygens (including phenoxy) is 2. The number of rotatable bonds is 6. The molecule has 0 aromatic rings. The van der Waals surface area contributed by atoms with Crippen molar-refractivity contribution in [1.29, 1.82) is 0 Å². The molecule has 0 radical (unpaired) electrons. The van der Waals surface area contributed by atoms with Crippen molar-refractivity contribution in [2.24, 2.45) is 0 Å². The first-order valence-electron chi connectivity index (χ1n) is 7.45. The van der Waals surface area contributed by atoms with Crippen molar-refractivity contribution in [1.82, 2.24) is 14.7 Å². The zero-order valence-corrected chi connectivity index (χ0v) is 13.3. The molecule has 5 nitrogen and oxygen atoms in total. The van der Waals surface area contributed by atoms with Gasteiger partial charge in [0.05, 0.1) is 13.2 Å². The minimum absolute atomic E-state index is 0.701. The Morgan fingerprint density at radius 2 is 1.21 bits per heavy atom. The molecule has 1 fully saturated rings. The molecule has 0 aliphatic carbocycles. The zero-order valence-electron chi connectivity index (χ0n) is 13.3. The van der Waals surface area contributed by atoms with Crippen molar-refractivity contribution in [3.8, 4) is 0 Å². The Labute approximate surface area is 118 Å². The molecule has 0 N–H and O–H groups in total. The molecule has 19 heavy (non-hydrogen) atoms. The maximum atomic E-state index is 6.13. The summed E-state index contributed by atoms with van der Waals surface area (Å²) in [5.41, 5.74) is 0. The van der Waals surface area contributed by atoms with Crippen LogP contribution < -0.4 is 0 Å². The second-order valence-corrected chi connectivity index (χ2v) is 5.39. The molecule has 1 aliphatic rings. The van der Waals surface area contributed by atoms with Crippen molar-refractivity contribution in [3.63, 3.8) is 0 Å². The van der Waals surface area contributed by atoms with Crippen LogP contribution in [0.5, 0.6) is 0 Å². The van der Waals surface area contributed by atoms with Gasteiger partial charge in [0.2, 0.25) is 0 Å². The molecule has 1 aliphatic heterocycles. The van der Waals surface area contributed by atoms with Crippen molar-refractivity contribution < 1.29 is 9.47 Å². The van der Waals surface area contributed by atoms with Gasteiger partial charge in [-0.2, -0.15) is 0 Å². The molecule has 0 atom stereocenters. The average Bonchev–Trinajstić information content (AvgIpc) is 2.41. The lowest BCUT2D eigenvalue weighted by atomic mass is 10.3. The molecule has 0 saturated carbocycles. The molecule has 1 rings (SSSR count). The second-order valence-electron chi connectivity index (χ2n) is 5.39. The van der Waals surface area contributed by atoms with E-state index in [-0.39, 0.29) is 0 Å². The fraction of sp³-hybridized carbons (Fsp3) is 1.00. The molecule has 0 amide bonds. The van der Waals surface area contributed by atoms with Crippen LogP contribution in [0, 0.1) is 0 Å². The van der Waals surface area contributed by atoms with Gasteiger partial charge in [-0.3, -0.25) is 0 Å². The number of hydrogen-bond acceptors (Lipinski definition) is 5. The molecule has 5 heteroatoms.